The molecule has 0 atom stereocenters. The van der Waals surface area contributed by atoms with Crippen LogP contribution in [0.5, 0.6) is 5.75 Å². The van der Waals surface area contributed by atoms with Gasteiger partial charge in [0.25, 0.3) is 10.0 Å². The molecule has 0 spiro atoms. The summed E-state index contributed by atoms with van der Waals surface area (Å²) < 4.78 is 33.4. The molecule has 0 aliphatic heterocycles. The summed E-state index contributed by atoms with van der Waals surface area (Å²) in [5, 5.41) is 12.0. The molecule has 0 bridgehead atoms. The van der Waals surface area contributed by atoms with Crippen molar-refractivity contribution in [3.8, 4) is 16.3 Å². The molecule has 36 heavy (non-hydrogen) atoms. The van der Waals surface area contributed by atoms with Gasteiger partial charge in [-0.3, -0.25) is 14.4 Å². The number of halogens is 1. The molecule has 4 rings (SSSR count). The monoisotopic (exact) mass is 542 g/mol. The molecule has 0 aliphatic carbocycles. The summed E-state index contributed by atoms with van der Waals surface area (Å²) in [6.45, 7) is 3.15. The number of aryl methyl sites for hydroxylation is 2. The highest BCUT2D eigenvalue weighted by Crippen LogP contribution is 2.31. The van der Waals surface area contributed by atoms with Crippen LogP contribution >= 0.6 is 22.9 Å². The van der Waals surface area contributed by atoms with Gasteiger partial charge in [-0.15, -0.1) is 10.2 Å². The average molecular weight is 543 g/mol. The van der Waals surface area contributed by atoms with Gasteiger partial charge in [-0.05, 0) is 67.9 Å². The summed E-state index contributed by atoms with van der Waals surface area (Å²) in [6.07, 6.45) is 0. The Morgan fingerprint density at radius 1 is 1.03 bits per heavy atom. The third kappa shape index (κ3) is 5.67. The molecule has 4 aromatic rings. The van der Waals surface area contributed by atoms with Crippen molar-refractivity contribution in [3.05, 3.63) is 82.9 Å². The SMILES string of the molecule is COc1ccc(-c2nnc(NC(=O)CN(c3cc(Cl)ccc3C)S(=O)(=O)c3ccc(C)cc3)s2)cc1. The fraction of sp³-hybridized carbons (Fsp3) is 0.160. The van der Waals surface area contributed by atoms with E-state index in [-0.39, 0.29) is 10.0 Å². The Labute approximate surface area is 218 Å². The molecule has 0 aliphatic rings. The van der Waals surface area contributed by atoms with E-state index in [1.54, 1.807) is 50.4 Å². The van der Waals surface area contributed by atoms with Gasteiger partial charge < -0.3 is 4.74 Å². The van der Waals surface area contributed by atoms with E-state index in [9.17, 15) is 13.2 Å². The van der Waals surface area contributed by atoms with Crippen molar-refractivity contribution in [2.24, 2.45) is 0 Å². The Balaban J connectivity index is 1.60. The van der Waals surface area contributed by atoms with Crippen LogP contribution in [0.3, 0.4) is 0 Å². The molecular weight excluding hydrogens is 520 g/mol. The van der Waals surface area contributed by atoms with Crippen molar-refractivity contribution in [1.82, 2.24) is 10.2 Å². The quantitative estimate of drug-likeness (QED) is 0.323. The molecule has 1 N–H and O–H groups in total. The van der Waals surface area contributed by atoms with E-state index in [4.69, 9.17) is 16.3 Å². The Bertz CT molecular complexity index is 1490. The van der Waals surface area contributed by atoms with Crippen LogP contribution < -0.4 is 14.4 Å². The van der Waals surface area contributed by atoms with Crippen LogP contribution in [0.4, 0.5) is 10.8 Å². The number of carbonyl (C=O) groups excluding carboxylic acids is 1. The lowest BCUT2D eigenvalue weighted by Crippen LogP contribution is -2.38. The van der Waals surface area contributed by atoms with Crippen LogP contribution in [0.1, 0.15) is 11.1 Å². The number of hydrogen-bond acceptors (Lipinski definition) is 7. The molecule has 1 amide bonds. The standard InChI is InChI=1S/C25H23ClN4O4S2/c1-16-4-12-21(13-5-16)36(32,33)30(22-14-19(26)9-6-17(22)2)15-23(31)27-25-29-28-24(35-25)18-7-10-20(34-3)11-8-18/h4-14H,15H2,1-3H3,(H,27,29,31). The summed E-state index contributed by atoms with van der Waals surface area (Å²) in [5.74, 6) is 0.144. The smallest absolute Gasteiger partial charge is 0.264 e. The number of benzene rings is 3. The Kier molecular flexibility index (Phi) is 7.58. The minimum absolute atomic E-state index is 0.0676. The molecule has 8 nitrogen and oxygen atoms in total. The molecule has 186 valence electrons. The van der Waals surface area contributed by atoms with Crippen LogP contribution in [0.2, 0.25) is 5.02 Å². The van der Waals surface area contributed by atoms with Gasteiger partial charge >= 0.3 is 0 Å². The van der Waals surface area contributed by atoms with Crippen molar-refractivity contribution in [3.63, 3.8) is 0 Å². The second kappa shape index (κ2) is 10.7. The first-order chi connectivity index (χ1) is 17.2. The predicted molar refractivity (Wildman–Crippen MR) is 142 cm³/mol. The van der Waals surface area contributed by atoms with Crippen molar-refractivity contribution < 1.29 is 17.9 Å². The van der Waals surface area contributed by atoms with Gasteiger partial charge in [0, 0.05) is 10.6 Å². The number of nitrogens with zero attached hydrogens (tertiary/aromatic N) is 3. The Morgan fingerprint density at radius 2 is 1.72 bits per heavy atom. The topological polar surface area (TPSA) is 101 Å². The molecule has 0 unspecified atom stereocenters. The number of carbonyl (C=O) groups is 1. The molecular formula is C25H23ClN4O4S2. The maximum Gasteiger partial charge on any atom is 0.264 e. The largest absolute Gasteiger partial charge is 0.497 e. The van der Waals surface area contributed by atoms with E-state index in [0.717, 1.165) is 15.4 Å². The minimum atomic E-state index is -4.07. The number of nitrogens with one attached hydrogen (secondary N) is 1. The van der Waals surface area contributed by atoms with Gasteiger partial charge in [0.05, 0.1) is 17.7 Å². The van der Waals surface area contributed by atoms with E-state index >= 15 is 0 Å². The van der Waals surface area contributed by atoms with E-state index in [0.29, 0.717) is 27.0 Å². The third-order valence-corrected chi connectivity index (χ3v) is 8.24. The number of sulfonamides is 1. The van der Waals surface area contributed by atoms with E-state index in [2.05, 4.69) is 15.5 Å². The lowest BCUT2D eigenvalue weighted by molar-refractivity contribution is -0.114. The van der Waals surface area contributed by atoms with Crippen molar-refractivity contribution in [2.75, 3.05) is 23.3 Å². The average Bonchev–Trinajstić information content (AvgIpc) is 3.32. The number of anilines is 2. The minimum Gasteiger partial charge on any atom is -0.497 e. The zero-order valence-electron chi connectivity index (χ0n) is 19.7. The van der Waals surface area contributed by atoms with Gasteiger partial charge in [0.2, 0.25) is 11.0 Å². The van der Waals surface area contributed by atoms with Crippen molar-refractivity contribution in [1.29, 1.82) is 0 Å². The van der Waals surface area contributed by atoms with E-state index in [1.165, 1.54) is 29.5 Å². The number of amides is 1. The van der Waals surface area contributed by atoms with Crippen LogP contribution in [0.15, 0.2) is 71.6 Å². The van der Waals surface area contributed by atoms with E-state index < -0.39 is 22.5 Å². The van der Waals surface area contributed by atoms with Gasteiger partial charge in [0.1, 0.15) is 17.3 Å². The fourth-order valence-electron chi connectivity index (χ4n) is 3.40. The number of ether oxygens (including phenoxy) is 1. The molecule has 0 saturated heterocycles. The molecule has 11 heteroatoms. The Hall–Kier alpha value is -3.47. The van der Waals surface area contributed by atoms with Crippen molar-refractivity contribution >= 4 is 49.7 Å². The van der Waals surface area contributed by atoms with E-state index in [1.807, 2.05) is 19.1 Å². The second-order valence-corrected chi connectivity index (χ2v) is 11.2. The predicted octanol–water partition coefficient (Wildman–Crippen LogP) is 5.32. The fourth-order valence-corrected chi connectivity index (χ4v) is 5.81. The summed E-state index contributed by atoms with van der Waals surface area (Å²) >= 11 is 7.36. The highest BCUT2D eigenvalue weighted by molar-refractivity contribution is 7.92. The molecule has 0 fully saturated rings. The maximum absolute atomic E-state index is 13.6. The second-order valence-electron chi connectivity index (χ2n) is 7.94. The Morgan fingerprint density at radius 3 is 2.39 bits per heavy atom. The lowest BCUT2D eigenvalue weighted by Gasteiger charge is -2.25. The normalized spacial score (nSPS) is 11.2. The first kappa shape index (κ1) is 25.6. The van der Waals surface area contributed by atoms with Crippen molar-refractivity contribution in [2.45, 2.75) is 18.7 Å². The lowest BCUT2D eigenvalue weighted by atomic mass is 10.2. The summed E-state index contributed by atoms with van der Waals surface area (Å²) in [5.41, 5.74) is 2.70. The molecule has 1 heterocycles. The number of methoxy groups -OCH3 is 1. The molecule has 3 aromatic carbocycles. The third-order valence-electron chi connectivity index (χ3n) is 5.34. The maximum atomic E-state index is 13.6. The van der Waals surface area contributed by atoms with Crippen LogP contribution in [0.25, 0.3) is 10.6 Å². The van der Waals surface area contributed by atoms with Crippen LogP contribution in [-0.4, -0.2) is 38.2 Å². The zero-order chi connectivity index (χ0) is 25.9. The molecule has 0 radical (unpaired) electrons. The highest BCUT2D eigenvalue weighted by Gasteiger charge is 2.29. The number of rotatable bonds is 8. The van der Waals surface area contributed by atoms with Crippen LogP contribution in [-0.2, 0) is 14.8 Å². The number of hydrogen-bond donors (Lipinski definition) is 1. The highest BCUT2D eigenvalue weighted by atomic mass is 35.5. The van der Waals surface area contributed by atoms with Gasteiger partial charge in [-0.1, -0.05) is 46.7 Å². The number of aromatic nitrogens is 2. The summed E-state index contributed by atoms with van der Waals surface area (Å²) in [7, 11) is -2.49. The van der Waals surface area contributed by atoms with Gasteiger partial charge in [-0.2, -0.15) is 0 Å². The first-order valence-electron chi connectivity index (χ1n) is 10.8. The molecule has 1 aromatic heterocycles. The van der Waals surface area contributed by atoms with Gasteiger partial charge in [0.15, 0.2) is 0 Å². The van der Waals surface area contributed by atoms with Crippen LogP contribution in [0, 0.1) is 13.8 Å². The summed E-state index contributed by atoms with van der Waals surface area (Å²) in [4.78, 5) is 13.1. The zero-order valence-corrected chi connectivity index (χ0v) is 22.1. The summed E-state index contributed by atoms with van der Waals surface area (Å²) in [6, 6.07) is 18.6. The molecule has 0 saturated carbocycles. The van der Waals surface area contributed by atoms with Gasteiger partial charge in [-0.25, -0.2) is 8.42 Å². The first-order valence-corrected chi connectivity index (χ1v) is 13.4.